The van der Waals surface area contributed by atoms with Gasteiger partial charge in [0.15, 0.2) is 0 Å². The molecule has 1 aliphatic heterocycles. The first kappa shape index (κ1) is 32.9. The number of carbonyl (C=O) groups is 2. The van der Waals surface area contributed by atoms with Gasteiger partial charge in [0.2, 0.25) is 5.91 Å². The van der Waals surface area contributed by atoms with Crippen molar-refractivity contribution in [2.75, 3.05) is 25.1 Å². The van der Waals surface area contributed by atoms with Crippen molar-refractivity contribution in [2.24, 2.45) is 5.41 Å². The van der Waals surface area contributed by atoms with Crippen LogP contribution in [0, 0.1) is 28.7 Å². The third-order valence-electron chi connectivity index (χ3n) is 8.25. The number of amides is 2. The average Bonchev–Trinajstić information content (AvgIpc) is 2.95. The second-order valence-corrected chi connectivity index (χ2v) is 12.0. The second kappa shape index (κ2) is 13.3. The number of carboxylic acid groups (broad SMARTS) is 1. The second-order valence-electron chi connectivity index (χ2n) is 12.0. The molecule has 0 unspecified atom stereocenters. The topological polar surface area (TPSA) is 112 Å². The van der Waals surface area contributed by atoms with E-state index in [2.05, 4.69) is 10.3 Å². The minimum Gasteiger partial charge on any atom is -0.465 e. The minimum absolute atomic E-state index is 0.0367. The molecule has 0 saturated carbocycles. The number of halogens is 4. The van der Waals surface area contributed by atoms with Crippen molar-refractivity contribution in [1.29, 1.82) is 0 Å². The SMILES string of the molecule is CC(C)(C)[C@]1(CCc2c(F)cncc2NC(=O)C[C@@H](c2ccc(F)cc2)c2cc(F)cc(F)c2)CN(C(=O)O)[C@H](CO)CO1. The van der Waals surface area contributed by atoms with Gasteiger partial charge in [0, 0.05) is 24.0 Å². The lowest BCUT2D eigenvalue weighted by Gasteiger charge is -2.52. The van der Waals surface area contributed by atoms with Crippen LogP contribution in [-0.2, 0) is 16.0 Å². The first-order valence-electron chi connectivity index (χ1n) is 14.1. The third kappa shape index (κ3) is 7.36. The van der Waals surface area contributed by atoms with Gasteiger partial charge in [-0.1, -0.05) is 32.9 Å². The lowest BCUT2D eigenvalue weighted by Crippen LogP contribution is -2.63. The van der Waals surface area contributed by atoms with Gasteiger partial charge in [-0.05, 0) is 53.6 Å². The van der Waals surface area contributed by atoms with Crippen LogP contribution < -0.4 is 5.32 Å². The van der Waals surface area contributed by atoms with Crippen molar-refractivity contribution in [3.05, 3.63) is 94.8 Å². The number of nitrogens with zero attached hydrogens (tertiary/aromatic N) is 2. The van der Waals surface area contributed by atoms with Crippen LogP contribution in [0.3, 0.4) is 0 Å². The summed E-state index contributed by atoms with van der Waals surface area (Å²) >= 11 is 0. The number of aliphatic hydroxyl groups is 1. The molecule has 236 valence electrons. The fourth-order valence-electron chi connectivity index (χ4n) is 5.59. The molecule has 0 radical (unpaired) electrons. The van der Waals surface area contributed by atoms with Gasteiger partial charge in [0.25, 0.3) is 0 Å². The quantitative estimate of drug-likeness (QED) is 0.259. The molecule has 1 fully saturated rings. The van der Waals surface area contributed by atoms with E-state index < -0.39 is 64.9 Å². The number of hydrogen-bond acceptors (Lipinski definition) is 5. The van der Waals surface area contributed by atoms with Gasteiger partial charge in [-0.25, -0.2) is 22.4 Å². The van der Waals surface area contributed by atoms with Crippen LogP contribution in [0.2, 0.25) is 0 Å². The molecule has 3 N–H and O–H groups in total. The standard InChI is InChI=1S/C32H35F4N3O5/c1-31(2,3)32(18-39(30(42)43)24(16-40)17-44-32)9-8-25-27(36)14-37-15-28(25)38-29(41)13-26(19-4-6-21(33)7-5-19)20-10-22(34)12-23(35)11-20/h4-7,10-12,14-15,24,26,40H,8-9,13,16-18H2,1-3H3,(H,38,41)(H,42,43)/t24-,26+,32+/m1/s1. The highest BCUT2D eigenvalue weighted by Gasteiger charge is 2.49. The van der Waals surface area contributed by atoms with E-state index in [1.54, 1.807) is 0 Å². The Balaban J connectivity index is 1.59. The molecule has 1 saturated heterocycles. The molecule has 44 heavy (non-hydrogen) atoms. The monoisotopic (exact) mass is 617 g/mol. The molecule has 0 bridgehead atoms. The Morgan fingerprint density at radius 2 is 1.70 bits per heavy atom. The van der Waals surface area contributed by atoms with Crippen LogP contribution in [0.25, 0.3) is 0 Å². The molecular formula is C32H35F4N3O5. The Labute approximate surface area is 252 Å². The summed E-state index contributed by atoms with van der Waals surface area (Å²) < 4.78 is 63.2. The highest BCUT2D eigenvalue weighted by atomic mass is 19.1. The first-order chi connectivity index (χ1) is 20.7. The predicted molar refractivity (Wildman–Crippen MR) is 154 cm³/mol. The minimum atomic E-state index is -1.21. The fraction of sp³-hybridized carbons (Fsp3) is 0.406. The summed E-state index contributed by atoms with van der Waals surface area (Å²) in [4.78, 5) is 30.3. The number of morpholine rings is 1. The number of carbonyl (C=O) groups excluding carboxylic acids is 1. The van der Waals surface area contributed by atoms with Crippen LogP contribution >= 0.6 is 0 Å². The number of benzene rings is 2. The molecule has 2 heterocycles. The molecule has 8 nitrogen and oxygen atoms in total. The number of aliphatic hydroxyl groups excluding tert-OH is 1. The molecule has 2 aromatic carbocycles. The van der Waals surface area contributed by atoms with E-state index in [1.807, 2.05) is 20.8 Å². The molecule has 3 atom stereocenters. The largest absolute Gasteiger partial charge is 0.465 e. The molecule has 0 spiro atoms. The van der Waals surface area contributed by atoms with Crippen molar-refractivity contribution in [2.45, 2.75) is 57.6 Å². The molecular weight excluding hydrogens is 582 g/mol. The summed E-state index contributed by atoms with van der Waals surface area (Å²) in [6.45, 7) is 5.11. The molecule has 1 aromatic heterocycles. The third-order valence-corrected chi connectivity index (χ3v) is 8.25. The molecule has 12 heteroatoms. The van der Waals surface area contributed by atoms with Crippen LogP contribution in [0.15, 0.2) is 54.9 Å². The van der Waals surface area contributed by atoms with Crippen LogP contribution in [0.1, 0.15) is 56.2 Å². The van der Waals surface area contributed by atoms with Gasteiger partial charge in [0.05, 0.1) is 49.5 Å². The zero-order valence-corrected chi connectivity index (χ0v) is 24.6. The van der Waals surface area contributed by atoms with Gasteiger partial charge in [-0.15, -0.1) is 0 Å². The van der Waals surface area contributed by atoms with E-state index in [9.17, 15) is 33.0 Å². The summed E-state index contributed by atoms with van der Waals surface area (Å²) in [7, 11) is 0. The number of ether oxygens (including phenoxy) is 1. The van der Waals surface area contributed by atoms with E-state index in [1.165, 1.54) is 30.5 Å². The molecule has 3 aromatic rings. The highest BCUT2D eigenvalue weighted by Crippen LogP contribution is 2.42. The molecule has 0 aliphatic carbocycles. The Hall–Kier alpha value is -4.03. The fourth-order valence-corrected chi connectivity index (χ4v) is 5.59. The average molecular weight is 618 g/mol. The predicted octanol–water partition coefficient (Wildman–Crippen LogP) is 5.89. The number of pyridine rings is 1. The van der Waals surface area contributed by atoms with Crippen molar-refractivity contribution in [3.63, 3.8) is 0 Å². The van der Waals surface area contributed by atoms with Crippen molar-refractivity contribution in [3.8, 4) is 0 Å². The lowest BCUT2D eigenvalue weighted by atomic mass is 9.71. The summed E-state index contributed by atoms with van der Waals surface area (Å²) in [6.07, 6.45) is 0.965. The highest BCUT2D eigenvalue weighted by molar-refractivity contribution is 5.92. The van der Waals surface area contributed by atoms with E-state index in [0.717, 1.165) is 23.2 Å². The smallest absolute Gasteiger partial charge is 0.407 e. The maximum absolute atomic E-state index is 15.2. The summed E-state index contributed by atoms with van der Waals surface area (Å²) in [5.74, 6) is -4.37. The number of hydrogen-bond donors (Lipinski definition) is 3. The van der Waals surface area contributed by atoms with Gasteiger partial charge in [0.1, 0.15) is 23.3 Å². The van der Waals surface area contributed by atoms with E-state index in [4.69, 9.17) is 4.74 Å². The number of nitrogens with one attached hydrogen (secondary N) is 1. The molecule has 4 rings (SSSR count). The van der Waals surface area contributed by atoms with E-state index in [0.29, 0.717) is 11.6 Å². The Bertz CT molecular complexity index is 1480. The number of anilines is 1. The number of aromatic nitrogens is 1. The van der Waals surface area contributed by atoms with E-state index in [-0.39, 0.29) is 49.2 Å². The number of rotatable bonds is 9. The summed E-state index contributed by atoms with van der Waals surface area (Å²) in [5, 5.41) is 22.1. The maximum Gasteiger partial charge on any atom is 0.407 e. The molecule has 2 amide bonds. The van der Waals surface area contributed by atoms with Crippen molar-refractivity contribution < 1.29 is 42.1 Å². The van der Waals surface area contributed by atoms with Crippen molar-refractivity contribution >= 4 is 17.7 Å². The van der Waals surface area contributed by atoms with Crippen LogP contribution in [0.4, 0.5) is 28.0 Å². The lowest BCUT2D eigenvalue weighted by molar-refractivity contribution is -0.184. The van der Waals surface area contributed by atoms with Gasteiger partial charge in [-0.3, -0.25) is 14.7 Å². The molecule has 1 aliphatic rings. The summed E-state index contributed by atoms with van der Waals surface area (Å²) in [6, 6.07) is 7.35. The van der Waals surface area contributed by atoms with Gasteiger partial charge >= 0.3 is 6.09 Å². The van der Waals surface area contributed by atoms with Crippen LogP contribution in [0.5, 0.6) is 0 Å². The zero-order chi connectivity index (χ0) is 32.2. The first-order valence-corrected chi connectivity index (χ1v) is 14.1. The van der Waals surface area contributed by atoms with Crippen LogP contribution in [-0.4, -0.2) is 63.5 Å². The Morgan fingerprint density at radius 1 is 1.05 bits per heavy atom. The van der Waals surface area contributed by atoms with E-state index >= 15 is 4.39 Å². The van der Waals surface area contributed by atoms with Crippen molar-refractivity contribution in [1.82, 2.24) is 9.88 Å². The normalized spacial score (nSPS) is 19.5. The zero-order valence-electron chi connectivity index (χ0n) is 24.6. The Morgan fingerprint density at radius 3 is 2.30 bits per heavy atom. The van der Waals surface area contributed by atoms with Gasteiger partial charge in [-0.2, -0.15) is 0 Å². The maximum atomic E-state index is 15.2. The Kier molecular flexibility index (Phi) is 9.94. The van der Waals surface area contributed by atoms with Gasteiger partial charge < -0.3 is 20.3 Å². The summed E-state index contributed by atoms with van der Waals surface area (Å²) in [5.41, 5.74) is -0.870.